The maximum absolute atomic E-state index is 13.9. The predicted molar refractivity (Wildman–Crippen MR) is 76.7 cm³/mol. The molecule has 3 rings (SSSR count). The highest BCUT2D eigenvalue weighted by Gasteiger charge is 2.21. The topological polar surface area (TPSA) is 52.0 Å². The summed E-state index contributed by atoms with van der Waals surface area (Å²) in [6.45, 7) is 0. The van der Waals surface area contributed by atoms with E-state index in [9.17, 15) is 8.78 Å². The van der Waals surface area contributed by atoms with E-state index in [1.807, 2.05) is 0 Å². The first-order chi connectivity index (χ1) is 10.1. The third kappa shape index (κ3) is 2.36. The summed E-state index contributed by atoms with van der Waals surface area (Å²) in [5.74, 6) is -1.85. The number of aromatic nitrogens is 1. The number of hydrogen-bond donors (Lipinski definition) is 1. The van der Waals surface area contributed by atoms with Crippen LogP contribution in [0.5, 0.6) is 0 Å². The van der Waals surface area contributed by atoms with Crippen LogP contribution >= 0.6 is 11.6 Å². The Morgan fingerprint density at radius 1 is 1.10 bits per heavy atom. The average Bonchev–Trinajstić information content (AvgIpc) is 2.83. The number of nitrogen functional groups attached to an aromatic ring is 1. The van der Waals surface area contributed by atoms with E-state index in [4.69, 9.17) is 21.9 Å². The molecule has 3 aromatic rings. The highest BCUT2D eigenvalue weighted by atomic mass is 35.5. The van der Waals surface area contributed by atoms with Crippen molar-refractivity contribution in [2.24, 2.45) is 0 Å². The van der Waals surface area contributed by atoms with Gasteiger partial charge in [-0.05, 0) is 29.8 Å². The fraction of sp³-hybridized carbons (Fsp3) is 0. The zero-order chi connectivity index (χ0) is 15.0. The molecule has 0 unspecified atom stereocenters. The minimum Gasteiger partial charge on any atom is -0.380 e. The van der Waals surface area contributed by atoms with Gasteiger partial charge < -0.3 is 10.3 Å². The average molecular weight is 307 g/mol. The van der Waals surface area contributed by atoms with E-state index in [0.29, 0.717) is 16.1 Å². The second-order valence-corrected chi connectivity index (χ2v) is 4.82. The summed E-state index contributed by atoms with van der Waals surface area (Å²) in [6.07, 6.45) is 0. The molecule has 106 valence electrons. The van der Waals surface area contributed by atoms with Crippen LogP contribution < -0.4 is 5.73 Å². The van der Waals surface area contributed by atoms with Crippen molar-refractivity contribution in [2.75, 3.05) is 5.73 Å². The third-order valence-electron chi connectivity index (χ3n) is 3.03. The number of benzene rings is 2. The fourth-order valence-electron chi connectivity index (χ4n) is 2.09. The first-order valence-corrected chi connectivity index (χ1v) is 6.41. The Kier molecular flexibility index (Phi) is 3.35. The van der Waals surface area contributed by atoms with Gasteiger partial charge in [0.25, 0.3) is 0 Å². The molecule has 2 N–H and O–H groups in total. The molecule has 0 spiro atoms. The van der Waals surface area contributed by atoms with E-state index in [1.54, 1.807) is 24.3 Å². The van der Waals surface area contributed by atoms with E-state index in [0.717, 1.165) is 6.07 Å². The summed E-state index contributed by atoms with van der Waals surface area (Å²) in [4.78, 5) is 0. The minimum atomic E-state index is -1.02. The molecule has 0 atom stereocenters. The summed E-state index contributed by atoms with van der Waals surface area (Å²) >= 11 is 5.94. The highest BCUT2D eigenvalue weighted by molar-refractivity contribution is 6.30. The smallest absolute Gasteiger partial charge is 0.179 e. The first-order valence-electron chi connectivity index (χ1n) is 6.03. The van der Waals surface area contributed by atoms with Gasteiger partial charge in [0.05, 0.1) is 11.1 Å². The molecule has 1 aromatic heterocycles. The Bertz CT molecular complexity index is 817. The van der Waals surface area contributed by atoms with Crippen LogP contribution in [0.25, 0.3) is 22.5 Å². The quantitative estimate of drug-likeness (QED) is 0.757. The van der Waals surface area contributed by atoms with Crippen molar-refractivity contribution in [1.29, 1.82) is 0 Å². The van der Waals surface area contributed by atoms with Crippen molar-refractivity contribution in [3.05, 3.63) is 59.1 Å². The Morgan fingerprint density at radius 2 is 1.86 bits per heavy atom. The molecule has 0 fully saturated rings. The van der Waals surface area contributed by atoms with Crippen LogP contribution in [-0.2, 0) is 0 Å². The van der Waals surface area contributed by atoms with Crippen molar-refractivity contribution in [3.8, 4) is 22.5 Å². The van der Waals surface area contributed by atoms with E-state index >= 15 is 0 Å². The summed E-state index contributed by atoms with van der Waals surface area (Å²) in [7, 11) is 0. The van der Waals surface area contributed by atoms with Gasteiger partial charge in [0, 0.05) is 5.02 Å². The van der Waals surface area contributed by atoms with Gasteiger partial charge in [0.15, 0.2) is 23.2 Å². The van der Waals surface area contributed by atoms with Crippen LogP contribution in [0.2, 0.25) is 5.02 Å². The molecule has 1 heterocycles. The standard InChI is InChI=1S/C15H9ClF2N2O/c16-9-4-1-3-8(7-9)12-14(21-20-15(12)19)10-5-2-6-11(17)13(10)18/h1-7H,(H2,19,20). The second kappa shape index (κ2) is 5.18. The molecule has 6 heteroatoms. The monoisotopic (exact) mass is 306 g/mol. The molecule has 0 radical (unpaired) electrons. The Labute approximate surface area is 123 Å². The zero-order valence-electron chi connectivity index (χ0n) is 10.6. The molecule has 0 bridgehead atoms. The number of anilines is 1. The molecule has 2 aromatic carbocycles. The Balaban J connectivity index is 2.24. The third-order valence-corrected chi connectivity index (χ3v) is 3.26. The predicted octanol–water partition coefficient (Wildman–Crippen LogP) is 4.52. The summed E-state index contributed by atoms with van der Waals surface area (Å²) in [5, 5.41) is 4.13. The summed E-state index contributed by atoms with van der Waals surface area (Å²) in [6, 6.07) is 10.6. The van der Waals surface area contributed by atoms with Crippen LogP contribution in [0, 0.1) is 11.6 Å². The van der Waals surface area contributed by atoms with Gasteiger partial charge in [-0.2, -0.15) is 0 Å². The lowest BCUT2D eigenvalue weighted by molar-refractivity contribution is 0.430. The van der Waals surface area contributed by atoms with E-state index in [2.05, 4.69) is 5.16 Å². The normalized spacial score (nSPS) is 10.8. The van der Waals surface area contributed by atoms with Crippen molar-refractivity contribution in [3.63, 3.8) is 0 Å². The second-order valence-electron chi connectivity index (χ2n) is 4.38. The van der Waals surface area contributed by atoms with Crippen molar-refractivity contribution in [2.45, 2.75) is 0 Å². The van der Waals surface area contributed by atoms with Gasteiger partial charge in [0.1, 0.15) is 0 Å². The zero-order valence-corrected chi connectivity index (χ0v) is 11.4. The number of halogens is 3. The maximum atomic E-state index is 13.9. The molecular weight excluding hydrogens is 298 g/mol. The van der Waals surface area contributed by atoms with Gasteiger partial charge in [-0.15, -0.1) is 0 Å². The largest absolute Gasteiger partial charge is 0.380 e. The van der Waals surface area contributed by atoms with Gasteiger partial charge in [-0.1, -0.05) is 35.0 Å². The molecule has 0 amide bonds. The summed E-state index contributed by atoms with van der Waals surface area (Å²) < 4.78 is 32.4. The van der Waals surface area contributed by atoms with Gasteiger partial charge in [0.2, 0.25) is 0 Å². The van der Waals surface area contributed by atoms with Crippen molar-refractivity contribution >= 4 is 17.4 Å². The number of nitrogens with two attached hydrogens (primary N) is 1. The lowest BCUT2D eigenvalue weighted by Crippen LogP contribution is -1.92. The SMILES string of the molecule is Nc1noc(-c2cccc(F)c2F)c1-c1cccc(Cl)c1. The lowest BCUT2D eigenvalue weighted by atomic mass is 10.0. The highest BCUT2D eigenvalue weighted by Crippen LogP contribution is 2.38. The van der Waals surface area contributed by atoms with E-state index < -0.39 is 11.6 Å². The summed E-state index contributed by atoms with van der Waals surface area (Å²) in [5.41, 5.74) is 6.73. The van der Waals surface area contributed by atoms with Crippen LogP contribution in [0.3, 0.4) is 0 Å². The molecule has 0 saturated heterocycles. The van der Waals surface area contributed by atoms with Gasteiger partial charge in [-0.3, -0.25) is 0 Å². The van der Waals surface area contributed by atoms with E-state index in [-0.39, 0.29) is 17.1 Å². The molecule has 0 aliphatic carbocycles. The minimum absolute atomic E-state index is 0.0471. The molecule has 0 saturated carbocycles. The molecule has 21 heavy (non-hydrogen) atoms. The van der Waals surface area contributed by atoms with Crippen LogP contribution in [0.15, 0.2) is 47.0 Å². The molecule has 0 aliphatic rings. The van der Waals surface area contributed by atoms with Gasteiger partial charge in [-0.25, -0.2) is 8.78 Å². The van der Waals surface area contributed by atoms with Crippen LogP contribution in [0.4, 0.5) is 14.6 Å². The first kappa shape index (κ1) is 13.6. The van der Waals surface area contributed by atoms with Crippen molar-refractivity contribution in [1.82, 2.24) is 5.16 Å². The Hall–Kier alpha value is -2.40. The van der Waals surface area contributed by atoms with Crippen LogP contribution in [0.1, 0.15) is 0 Å². The number of hydrogen-bond acceptors (Lipinski definition) is 3. The number of nitrogens with zero attached hydrogens (tertiary/aromatic N) is 1. The van der Waals surface area contributed by atoms with Crippen molar-refractivity contribution < 1.29 is 13.3 Å². The van der Waals surface area contributed by atoms with E-state index in [1.165, 1.54) is 12.1 Å². The maximum Gasteiger partial charge on any atom is 0.179 e. The van der Waals surface area contributed by atoms with Gasteiger partial charge >= 0.3 is 0 Å². The molecular formula is C15H9ClF2N2O. The van der Waals surface area contributed by atoms with Crippen LogP contribution in [-0.4, -0.2) is 5.16 Å². The molecule has 3 nitrogen and oxygen atoms in total. The fourth-order valence-corrected chi connectivity index (χ4v) is 2.28. The Morgan fingerprint density at radius 3 is 2.62 bits per heavy atom. The number of rotatable bonds is 2. The lowest BCUT2D eigenvalue weighted by Gasteiger charge is -2.05. The molecule has 0 aliphatic heterocycles.